The summed E-state index contributed by atoms with van der Waals surface area (Å²) in [4.78, 5) is 46.4. The second kappa shape index (κ2) is 36.1. The Bertz CT molecular complexity index is 6120. The monoisotopic (exact) mass is 1730 g/mol. The van der Waals surface area contributed by atoms with Crippen LogP contribution in [0.1, 0.15) is 124 Å². The number of fused-ring (bicyclic) bond motifs is 17. The Hall–Kier alpha value is -13.3. The zero-order chi connectivity index (χ0) is 80.6. The van der Waals surface area contributed by atoms with Crippen LogP contribution in [0.5, 0.6) is 0 Å². The molecule has 2 N–H and O–H groups in total. The van der Waals surface area contributed by atoms with Gasteiger partial charge in [-0.2, -0.15) is 0 Å². The summed E-state index contributed by atoms with van der Waals surface area (Å²) in [5.41, 5.74) is 40.4. The Labute approximate surface area is 710 Å². The zero-order valence-electron chi connectivity index (χ0n) is 68.6. The predicted octanol–water partition coefficient (Wildman–Crippen LogP) is 27.9. The van der Waals surface area contributed by atoms with Gasteiger partial charge in [0.15, 0.2) is 0 Å². The van der Waals surface area contributed by atoms with Crippen LogP contribution in [0.3, 0.4) is 0 Å². The van der Waals surface area contributed by atoms with E-state index in [4.69, 9.17) is 9.97 Å². The first-order valence-electron chi connectivity index (χ1n) is 41.8. The standard InChI is InChI=1S/C36H46N4.3C24H16N2.Pt/c1-9-23-25(11-3)33-29(15-7)35-27(13-5)28(14-6)36(40-35)30(16-8)34-26(12-4)24(10-2)32(39-34)20-22-18-17-21(37-22)19-31(23)38-33;3*1-3-7-17(8-4-1)19-13-15-25-23-21(19)11-12-22-20(14-16-26-24(22)23)18-9-5-2-6-10-18;/h17-20,38-39H,9-16H2,1-8H3;3*1-16H;. The van der Waals surface area contributed by atoms with Crippen molar-refractivity contribution in [2.75, 3.05) is 0 Å². The smallest absolute Gasteiger partial charge is 0.0970 e. The van der Waals surface area contributed by atoms with Gasteiger partial charge >= 0.3 is 0 Å². The maximum Gasteiger partial charge on any atom is 0.0970 e. The quantitative estimate of drug-likeness (QED) is 0.103. The number of allylic oxidation sites excluding steroid dienone is 2. The van der Waals surface area contributed by atoms with Gasteiger partial charge in [-0.1, -0.05) is 274 Å². The first-order chi connectivity index (χ1) is 58.2. The van der Waals surface area contributed by atoms with Crippen LogP contribution < -0.4 is 0 Å². The molecule has 11 heteroatoms. The van der Waals surface area contributed by atoms with Crippen LogP contribution in [0, 0.1) is 0 Å². The number of aryl methyl sites for hydroxylation is 6. The number of hydrogen-bond donors (Lipinski definition) is 2. The largest absolute Gasteiger partial charge is 0.355 e. The molecule has 9 aromatic carbocycles. The molecule has 0 unspecified atom stereocenters. The van der Waals surface area contributed by atoms with Crippen LogP contribution in [-0.4, -0.2) is 49.8 Å². The van der Waals surface area contributed by atoms with Crippen LogP contribution in [0.15, 0.2) is 304 Å². The van der Waals surface area contributed by atoms with Gasteiger partial charge < -0.3 is 9.97 Å². The van der Waals surface area contributed by atoms with Crippen molar-refractivity contribution >= 4 is 111 Å². The van der Waals surface area contributed by atoms with Gasteiger partial charge in [0.05, 0.1) is 55.9 Å². The number of aromatic amines is 2. The van der Waals surface area contributed by atoms with Gasteiger partial charge in [0, 0.05) is 124 Å². The molecule has 0 saturated carbocycles. The molecule has 0 saturated heterocycles. The zero-order valence-corrected chi connectivity index (χ0v) is 70.8. The normalized spacial score (nSPS) is 11.7. The Kier molecular flexibility index (Phi) is 24.1. The van der Waals surface area contributed by atoms with Gasteiger partial charge in [0.2, 0.25) is 0 Å². The second-order valence-corrected chi connectivity index (χ2v) is 29.8. The van der Waals surface area contributed by atoms with E-state index in [-0.39, 0.29) is 21.1 Å². The maximum absolute atomic E-state index is 5.58. The molecule has 0 amide bonds. The van der Waals surface area contributed by atoms with E-state index in [1.54, 1.807) is 0 Å². The minimum atomic E-state index is 0. The van der Waals surface area contributed by atoms with E-state index < -0.39 is 0 Å². The van der Waals surface area contributed by atoms with E-state index in [1.807, 2.05) is 73.6 Å². The first-order valence-corrected chi connectivity index (χ1v) is 41.8. The van der Waals surface area contributed by atoms with E-state index in [0.717, 1.165) is 128 Å². The average Bonchev–Trinajstić information content (AvgIpc) is 1.54. The molecule has 119 heavy (non-hydrogen) atoms. The summed E-state index contributed by atoms with van der Waals surface area (Å²) in [6.45, 7) is 18.3. The third-order valence-electron chi connectivity index (χ3n) is 23.3. The molecule has 18 aromatic rings. The molecule has 0 aliphatic carbocycles. The van der Waals surface area contributed by atoms with Crippen molar-refractivity contribution in [3.8, 4) is 66.8 Å². The first kappa shape index (κ1) is 79.6. The van der Waals surface area contributed by atoms with E-state index in [2.05, 4.69) is 338 Å². The summed E-state index contributed by atoms with van der Waals surface area (Å²) in [6.07, 6.45) is 23.3. The van der Waals surface area contributed by atoms with Crippen molar-refractivity contribution in [2.24, 2.45) is 0 Å². The molecule has 11 heterocycles. The molecule has 9 aromatic heterocycles. The molecule has 0 fully saturated rings. The number of nitrogens with zero attached hydrogens (tertiary/aromatic N) is 8. The summed E-state index contributed by atoms with van der Waals surface area (Å²) in [5, 5.41) is 6.77. The third kappa shape index (κ3) is 15.5. The topological polar surface area (TPSA) is 135 Å². The van der Waals surface area contributed by atoms with Crippen LogP contribution in [0.25, 0.3) is 178 Å². The van der Waals surface area contributed by atoms with Crippen molar-refractivity contribution in [3.05, 3.63) is 360 Å². The van der Waals surface area contributed by atoms with Crippen LogP contribution in [0.4, 0.5) is 0 Å². The third-order valence-corrected chi connectivity index (χ3v) is 23.3. The van der Waals surface area contributed by atoms with Crippen LogP contribution >= 0.6 is 0 Å². The van der Waals surface area contributed by atoms with E-state index >= 15 is 0 Å². The van der Waals surface area contributed by atoms with Gasteiger partial charge in [-0.25, -0.2) is 9.97 Å². The number of hydrogen-bond acceptors (Lipinski definition) is 8. The van der Waals surface area contributed by atoms with Gasteiger partial charge in [-0.05, 0) is 212 Å². The molecule has 0 radical (unpaired) electrons. The van der Waals surface area contributed by atoms with Crippen LogP contribution in [0.2, 0.25) is 0 Å². The number of benzene rings is 9. The van der Waals surface area contributed by atoms with Crippen molar-refractivity contribution in [1.29, 1.82) is 0 Å². The van der Waals surface area contributed by atoms with E-state index in [1.165, 1.54) is 145 Å². The van der Waals surface area contributed by atoms with Crippen LogP contribution in [-0.2, 0) is 59.6 Å². The predicted molar refractivity (Wildman–Crippen MR) is 497 cm³/mol. The summed E-state index contributed by atoms with van der Waals surface area (Å²) in [6, 6.07) is 92.5. The Morgan fingerprint density at radius 1 is 0.227 bits per heavy atom. The van der Waals surface area contributed by atoms with Gasteiger partial charge in [0.1, 0.15) is 0 Å². The van der Waals surface area contributed by atoms with Crippen molar-refractivity contribution in [1.82, 2.24) is 49.8 Å². The van der Waals surface area contributed by atoms with Gasteiger partial charge in [-0.15, -0.1) is 0 Å². The summed E-state index contributed by atoms with van der Waals surface area (Å²) < 4.78 is 0. The Balaban J connectivity index is 0.000000120. The summed E-state index contributed by atoms with van der Waals surface area (Å²) in [7, 11) is 0. The van der Waals surface area contributed by atoms with Gasteiger partial charge in [0.25, 0.3) is 0 Å². The SMILES string of the molecule is CCC1=C(CC)c2nc1c(CC)c1[nH]c(cc3nc(cc4[nH]c(c2CC)c(CC)c4CC)C=C3)c(CC)c1CC.[Pt].c1ccc(-c2ccnc3c2ccc2c(-c4ccccc4)ccnc23)cc1.c1ccc(-c2ccnc3c2ccc2c(-c4ccccc4)ccnc23)cc1.c1ccc(-c2ccnc3c2ccc2c(-c4ccccc4)ccnc23)cc1. The fourth-order valence-corrected chi connectivity index (χ4v) is 17.8. The molecular formula is C108H94N10Pt. The van der Waals surface area contributed by atoms with E-state index in [9.17, 15) is 0 Å². The Morgan fingerprint density at radius 3 is 0.647 bits per heavy atom. The van der Waals surface area contributed by atoms with E-state index in [0.29, 0.717) is 0 Å². The molecule has 0 spiro atoms. The molecule has 0 atom stereocenters. The molecular weight excluding hydrogens is 1630 g/mol. The van der Waals surface area contributed by atoms with Gasteiger partial charge in [-0.3, -0.25) is 29.9 Å². The molecule has 586 valence electrons. The number of nitrogens with one attached hydrogen (secondary N) is 2. The number of aromatic nitrogens is 10. The summed E-state index contributed by atoms with van der Waals surface area (Å²) >= 11 is 0. The molecule has 2 aliphatic heterocycles. The summed E-state index contributed by atoms with van der Waals surface area (Å²) in [5.74, 6) is 0. The minimum absolute atomic E-state index is 0. The second-order valence-electron chi connectivity index (χ2n) is 29.8. The average molecular weight is 1730 g/mol. The van der Waals surface area contributed by atoms with Crippen molar-refractivity contribution < 1.29 is 21.1 Å². The number of pyridine rings is 6. The number of H-pyrrole nitrogens is 2. The Morgan fingerprint density at radius 2 is 0.445 bits per heavy atom. The minimum Gasteiger partial charge on any atom is -0.355 e. The van der Waals surface area contributed by atoms with Crippen molar-refractivity contribution in [2.45, 2.75) is 107 Å². The van der Waals surface area contributed by atoms with Crippen molar-refractivity contribution in [3.63, 3.8) is 0 Å². The molecule has 2 aliphatic rings. The fourth-order valence-electron chi connectivity index (χ4n) is 17.8. The number of rotatable bonds is 14. The fraction of sp³-hybridized carbons (Fsp3) is 0.148. The maximum atomic E-state index is 5.58. The molecule has 10 nitrogen and oxygen atoms in total. The molecule has 20 rings (SSSR count). The molecule has 8 bridgehead atoms.